The van der Waals surface area contributed by atoms with Gasteiger partial charge in [-0.25, -0.2) is 0 Å². The number of pyridine rings is 1. The summed E-state index contributed by atoms with van der Waals surface area (Å²) in [6.07, 6.45) is 4.14. The summed E-state index contributed by atoms with van der Waals surface area (Å²) in [7, 11) is 0. The van der Waals surface area contributed by atoms with Gasteiger partial charge in [-0.15, -0.1) is 20.4 Å². The third kappa shape index (κ3) is 4.93. The molecule has 3 rings (SSSR count). The van der Waals surface area contributed by atoms with Gasteiger partial charge in [0, 0.05) is 24.5 Å². The number of nitrogens with one attached hydrogen (secondary N) is 1. The zero-order valence-electron chi connectivity index (χ0n) is 16.3. The van der Waals surface area contributed by atoms with E-state index in [4.69, 9.17) is 0 Å². The zero-order chi connectivity index (χ0) is 20.1. The van der Waals surface area contributed by atoms with Crippen molar-refractivity contribution in [2.45, 2.75) is 51.1 Å². The van der Waals surface area contributed by atoms with E-state index in [9.17, 15) is 4.79 Å². The number of nitrogens with zero attached hydrogens (tertiary/aromatic N) is 6. The number of hydrogen-bond donors (Lipinski definition) is 1. The van der Waals surface area contributed by atoms with Crippen molar-refractivity contribution < 1.29 is 4.79 Å². The molecule has 3 aromatic heterocycles. The Balaban J connectivity index is 1.83. The molecule has 0 spiro atoms. The largest absolute Gasteiger partial charge is 0.302 e. The fraction of sp³-hybridized carbons (Fsp3) is 0.444. The Hall–Kier alpha value is -2.33. The monoisotopic (exact) mass is 417 g/mol. The summed E-state index contributed by atoms with van der Waals surface area (Å²) in [5.41, 5.74) is 0.955. The average Bonchev–Trinajstić information content (AvgIpc) is 3.26. The van der Waals surface area contributed by atoms with Crippen molar-refractivity contribution in [3.05, 3.63) is 29.5 Å². The van der Waals surface area contributed by atoms with Gasteiger partial charge in [-0.3, -0.25) is 15.1 Å². The number of carbonyl (C=O) groups excluding carboxylic acids is 1. The topological polar surface area (TPSA) is 98.5 Å². The van der Waals surface area contributed by atoms with Crippen molar-refractivity contribution >= 4 is 34.1 Å². The van der Waals surface area contributed by atoms with Crippen LogP contribution in [0.4, 0.5) is 5.13 Å². The van der Waals surface area contributed by atoms with Gasteiger partial charge in [0.25, 0.3) is 0 Å². The maximum Gasteiger partial charge on any atom is 0.239 e. The molecule has 0 aromatic carbocycles. The summed E-state index contributed by atoms with van der Waals surface area (Å²) in [6.45, 7) is 8.89. The minimum atomic E-state index is -0.301. The Labute approximate surface area is 172 Å². The molecule has 0 saturated carbocycles. The fourth-order valence-corrected chi connectivity index (χ4v) is 4.16. The summed E-state index contributed by atoms with van der Waals surface area (Å²) < 4.78 is 2.08. The summed E-state index contributed by atoms with van der Waals surface area (Å²) >= 11 is 2.79. The molecule has 3 aromatic rings. The molecular weight excluding hydrogens is 394 g/mol. The van der Waals surface area contributed by atoms with Crippen LogP contribution in [0.15, 0.2) is 29.7 Å². The highest BCUT2D eigenvalue weighted by Gasteiger charge is 2.24. The Morgan fingerprint density at radius 1 is 1.21 bits per heavy atom. The third-order valence-electron chi connectivity index (χ3n) is 3.87. The second kappa shape index (κ2) is 9.24. The smallest absolute Gasteiger partial charge is 0.239 e. The fourth-order valence-electron chi connectivity index (χ4n) is 2.60. The summed E-state index contributed by atoms with van der Waals surface area (Å²) in [5.74, 6) is 1.09. The number of aryl methyl sites for hydroxylation is 1. The maximum absolute atomic E-state index is 12.7. The number of rotatable bonds is 8. The molecule has 0 bridgehead atoms. The van der Waals surface area contributed by atoms with Gasteiger partial charge >= 0.3 is 0 Å². The van der Waals surface area contributed by atoms with E-state index in [-0.39, 0.29) is 11.2 Å². The second-order valence-electron chi connectivity index (χ2n) is 6.68. The lowest BCUT2D eigenvalue weighted by atomic mass is 10.2. The molecule has 10 heteroatoms. The second-order valence-corrected chi connectivity index (χ2v) is 9.03. The molecule has 1 amide bonds. The van der Waals surface area contributed by atoms with Gasteiger partial charge in [0.05, 0.1) is 5.25 Å². The number of hydrogen-bond acceptors (Lipinski definition) is 8. The van der Waals surface area contributed by atoms with Crippen LogP contribution in [0.1, 0.15) is 32.2 Å². The first-order valence-corrected chi connectivity index (χ1v) is 10.8. The predicted molar refractivity (Wildman–Crippen MR) is 111 cm³/mol. The Morgan fingerprint density at radius 2 is 1.96 bits per heavy atom. The normalized spacial score (nSPS) is 12.3. The van der Waals surface area contributed by atoms with E-state index < -0.39 is 0 Å². The van der Waals surface area contributed by atoms with Crippen molar-refractivity contribution in [3.63, 3.8) is 0 Å². The van der Waals surface area contributed by atoms with Gasteiger partial charge < -0.3 is 4.57 Å². The van der Waals surface area contributed by atoms with Crippen molar-refractivity contribution in [2.75, 3.05) is 5.32 Å². The van der Waals surface area contributed by atoms with Crippen LogP contribution < -0.4 is 5.32 Å². The van der Waals surface area contributed by atoms with Gasteiger partial charge in [0.2, 0.25) is 11.0 Å². The van der Waals surface area contributed by atoms with Crippen LogP contribution in [0, 0.1) is 12.8 Å². The van der Waals surface area contributed by atoms with Crippen molar-refractivity contribution in [3.8, 4) is 11.4 Å². The molecule has 0 saturated heterocycles. The highest BCUT2D eigenvalue weighted by molar-refractivity contribution is 8.00. The lowest BCUT2D eigenvalue weighted by Crippen LogP contribution is -2.25. The van der Waals surface area contributed by atoms with Gasteiger partial charge in [-0.05, 0) is 31.4 Å². The first-order valence-electron chi connectivity index (χ1n) is 9.09. The molecule has 0 aliphatic rings. The van der Waals surface area contributed by atoms with Crippen LogP contribution >= 0.6 is 23.1 Å². The summed E-state index contributed by atoms with van der Waals surface area (Å²) in [5, 5.41) is 21.3. The molecule has 1 unspecified atom stereocenters. The highest BCUT2D eigenvalue weighted by Crippen LogP contribution is 2.29. The molecule has 1 atom stereocenters. The van der Waals surface area contributed by atoms with Crippen molar-refractivity contribution in [2.24, 2.45) is 5.92 Å². The van der Waals surface area contributed by atoms with Gasteiger partial charge in [0.15, 0.2) is 11.0 Å². The van der Waals surface area contributed by atoms with E-state index in [1.54, 1.807) is 12.4 Å². The minimum absolute atomic E-state index is 0.104. The van der Waals surface area contributed by atoms with Crippen LogP contribution in [-0.2, 0) is 11.3 Å². The molecule has 8 nitrogen and oxygen atoms in total. The van der Waals surface area contributed by atoms with E-state index in [0.717, 1.165) is 28.1 Å². The van der Waals surface area contributed by atoms with Crippen LogP contribution in [-0.4, -0.2) is 41.1 Å². The molecule has 28 heavy (non-hydrogen) atoms. The first-order chi connectivity index (χ1) is 13.5. The molecular formula is C18H23N7OS2. The molecule has 1 N–H and O–H groups in total. The molecule has 0 fully saturated rings. The molecule has 0 aliphatic carbocycles. The van der Waals surface area contributed by atoms with Crippen LogP contribution in [0.25, 0.3) is 11.4 Å². The number of anilines is 1. The maximum atomic E-state index is 12.7. The van der Waals surface area contributed by atoms with Gasteiger partial charge in [-0.2, -0.15) is 0 Å². The Morgan fingerprint density at radius 3 is 2.57 bits per heavy atom. The first kappa shape index (κ1) is 20.4. The highest BCUT2D eigenvalue weighted by atomic mass is 32.2. The van der Waals surface area contributed by atoms with E-state index >= 15 is 0 Å². The van der Waals surface area contributed by atoms with Crippen molar-refractivity contribution in [1.82, 2.24) is 29.9 Å². The number of aromatic nitrogens is 6. The predicted octanol–water partition coefficient (Wildman–Crippen LogP) is 3.67. The molecule has 148 valence electrons. The zero-order valence-corrected chi connectivity index (χ0v) is 17.9. The van der Waals surface area contributed by atoms with Gasteiger partial charge in [0.1, 0.15) is 5.01 Å². The van der Waals surface area contributed by atoms with E-state index in [1.807, 2.05) is 26.0 Å². The van der Waals surface area contributed by atoms with Crippen LogP contribution in [0.5, 0.6) is 0 Å². The number of thioether (sulfide) groups is 1. The van der Waals surface area contributed by atoms with Crippen molar-refractivity contribution in [1.29, 1.82) is 0 Å². The summed E-state index contributed by atoms with van der Waals surface area (Å²) in [6, 6.07) is 3.83. The number of amides is 1. The van der Waals surface area contributed by atoms with Gasteiger partial charge in [-0.1, -0.05) is 43.9 Å². The van der Waals surface area contributed by atoms with E-state index in [2.05, 4.69) is 49.1 Å². The van der Waals surface area contributed by atoms with E-state index in [1.165, 1.54) is 23.1 Å². The lowest BCUT2D eigenvalue weighted by molar-refractivity contribution is -0.115. The molecule has 0 radical (unpaired) electrons. The Bertz CT molecular complexity index is 923. The SMILES string of the molecule is CCC(Sc1nnc(-c2ccncc2)n1CC(C)C)C(=O)Nc1nnc(C)s1. The van der Waals surface area contributed by atoms with Crippen LogP contribution in [0.3, 0.4) is 0 Å². The average molecular weight is 418 g/mol. The summed E-state index contributed by atoms with van der Waals surface area (Å²) in [4.78, 5) is 16.8. The molecule has 3 heterocycles. The lowest BCUT2D eigenvalue weighted by Gasteiger charge is -2.16. The standard InChI is InChI=1S/C18H23N7OS2/c1-5-14(16(26)20-17-23-21-12(4)27-17)28-18-24-22-15(25(18)10-11(2)3)13-6-8-19-9-7-13/h6-9,11,14H,5,10H2,1-4H3,(H,20,23,26). The quantitative estimate of drug-likeness (QED) is 0.558. The minimum Gasteiger partial charge on any atom is -0.302 e. The molecule has 0 aliphatic heterocycles. The number of carbonyl (C=O) groups is 1. The van der Waals surface area contributed by atoms with Crippen LogP contribution in [0.2, 0.25) is 0 Å². The Kier molecular flexibility index (Phi) is 6.74. The third-order valence-corrected chi connectivity index (χ3v) is 5.97. The van der Waals surface area contributed by atoms with E-state index in [0.29, 0.717) is 17.5 Å².